The maximum Gasteiger partial charge on any atom is 0.162 e. The fourth-order valence-electron chi connectivity index (χ4n) is 9.25. The van der Waals surface area contributed by atoms with Crippen LogP contribution in [0.4, 0.5) is 0 Å². The smallest absolute Gasteiger partial charge is 0.162 e. The van der Waals surface area contributed by atoms with Gasteiger partial charge in [-0.1, -0.05) is 182 Å². The summed E-state index contributed by atoms with van der Waals surface area (Å²) in [6.07, 6.45) is 0. The van der Waals surface area contributed by atoms with E-state index in [-0.39, 0.29) is 0 Å². The lowest BCUT2D eigenvalue weighted by Gasteiger charge is -2.14. The highest BCUT2D eigenvalue weighted by Gasteiger charge is 2.19. The molecule has 0 aliphatic carbocycles. The molecule has 0 saturated carbocycles. The van der Waals surface area contributed by atoms with Gasteiger partial charge in [0.2, 0.25) is 0 Å². The number of nitrogens with zero attached hydrogens (tertiary/aromatic N) is 3. The van der Waals surface area contributed by atoms with E-state index >= 15 is 0 Å². The van der Waals surface area contributed by atoms with Gasteiger partial charge in [0, 0.05) is 28.0 Å². The molecular formula is C58H37N3. The fraction of sp³-hybridized carbons (Fsp3) is 0. The Kier molecular flexibility index (Phi) is 8.17. The van der Waals surface area contributed by atoms with Gasteiger partial charge in [-0.15, -0.1) is 0 Å². The number of aromatic nitrogens is 3. The van der Waals surface area contributed by atoms with Crippen LogP contribution in [-0.4, -0.2) is 14.5 Å². The molecule has 0 N–H and O–H groups in total. The van der Waals surface area contributed by atoms with Crippen molar-refractivity contribution in [2.24, 2.45) is 0 Å². The second kappa shape index (κ2) is 14.3. The summed E-state index contributed by atoms with van der Waals surface area (Å²) in [5.41, 5.74) is 12.1. The predicted octanol–water partition coefficient (Wildman–Crippen LogP) is 15.4. The van der Waals surface area contributed by atoms with Crippen LogP contribution in [-0.2, 0) is 0 Å². The molecule has 0 fully saturated rings. The van der Waals surface area contributed by atoms with Gasteiger partial charge >= 0.3 is 0 Å². The van der Waals surface area contributed by atoms with Gasteiger partial charge in [-0.05, 0) is 102 Å². The van der Waals surface area contributed by atoms with E-state index in [4.69, 9.17) is 9.97 Å². The summed E-state index contributed by atoms with van der Waals surface area (Å²) >= 11 is 0. The lowest BCUT2D eigenvalue weighted by molar-refractivity contribution is 1.05. The van der Waals surface area contributed by atoms with E-state index < -0.39 is 0 Å². The highest BCUT2D eigenvalue weighted by molar-refractivity contribution is 6.25. The molecule has 12 aromatic rings. The van der Waals surface area contributed by atoms with Crippen LogP contribution < -0.4 is 0 Å². The molecule has 0 aliphatic heterocycles. The summed E-state index contributed by atoms with van der Waals surface area (Å²) in [7, 11) is 0. The molecule has 0 unspecified atom stereocenters. The maximum absolute atomic E-state index is 5.51. The highest BCUT2D eigenvalue weighted by Crippen LogP contribution is 2.40. The summed E-state index contributed by atoms with van der Waals surface area (Å²) in [4.78, 5) is 10.9. The first-order valence-electron chi connectivity index (χ1n) is 20.8. The van der Waals surface area contributed by atoms with Gasteiger partial charge < -0.3 is 0 Å². The minimum Gasteiger partial charge on any atom is -0.294 e. The topological polar surface area (TPSA) is 30.7 Å². The second-order valence-corrected chi connectivity index (χ2v) is 15.8. The fourth-order valence-corrected chi connectivity index (χ4v) is 9.25. The Labute approximate surface area is 353 Å². The second-order valence-electron chi connectivity index (χ2n) is 15.8. The van der Waals surface area contributed by atoms with Crippen molar-refractivity contribution in [3.8, 4) is 61.8 Å². The first kappa shape index (κ1) is 34.9. The van der Waals surface area contributed by atoms with Crippen molar-refractivity contribution in [1.29, 1.82) is 0 Å². The Balaban J connectivity index is 1.13. The summed E-state index contributed by atoms with van der Waals surface area (Å²) in [5, 5.41) is 9.71. The lowest BCUT2D eigenvalue weighted by Crippen LogP contribution is -2.02. The third kappa shape index (κ3) is 5.98. The quantitative estimate of drug-likeness (QED) is 0.158. The van der Waals surface area contributed by atoms with Crippen LogP contribution in [0.25, 0.3) is 116 Å². The molecule has 2 aromatic heterocycles. The normalized spacial score (nSPS) is 11.6. The van der Waals surface area contributed by atoms with Gasteiger partial charge in [0.25, 0.3) is 0 Å². The van der Waals surface area contributed by atoms with Crippen molar-refractivity contribution in [3.63, 3.8) is 0 Å². The Morgan fingerprint density at radius 2 is 0.656 bits per heavy atom. The number of rotatable bonds is 6. The molecular weight excluding hydrogens is 739 g/mol. The van der Waals surface area contributed by atoms with Crippen LogP contribution in [0.1, 0.15) is 0 Å². The van der Waals surface area contributed by atoms with Crippen LogP contribution in [0, 0.1) is 0 Å². The van der Waals surface area contributed by atoms with Crippen LogP contribution in [0.5, 0.6) is 0 Å². The van der Waals surface area contributed by atoms with Crippen molar-refractivity contribution in [3.05, 3.63) is 224 Å². The van der Waals surface area contributed by atoms with E-state index in [9.17, 15) is 0 Å². The molecule has 12 rings (SSSR count). The van der Waals surface area contributed by atoms with Crippen LogP contribution in [0.3, 0.4) is 0 Å². The molecule has 2 heterocycles. The van der Waals surface area contributed by atoms with Gasteiger partial charge in [0.1, 0.15) is 5.82 Å². The largest absolute Gasteiger partial charge is 0.294 e. The first-order chi connectivity index (χ1) is 30.2. The molecule has 0 amide bonds. The van der Waals surface area contributed by atoms with E-state index in [2.05, 4.69) is 229 Å². The van der Waals surface area contributed by atoms with E-state index in [1.807, 2.05) is 0 Å². The number of benzene rings is 10. The standard InChI is InChI=1S/C58H37N3/c1-4-15-38(16-5-1)41-21-14-22-44(33-41)54-37-57(60-58(59-54)45-27-30-50-48-25-11-10-23-46(48)47-24-12-13-26-49(47)51(50)36-45)61-55-31-28-42(39-17-6-2-7-18-39)34-52(55)53-35-43(29-32-56(53)61)40-19-8-3-9-20-40/h1-37H. The van der Waals surface area contributed by atoms with Gasteiger partial charge in [0.15, 0.2) is 5.82 Å². The van der Waals surface area contributed by atoms with Crippen molar-refractivity contribution in [2.45, 2.75) is 0 Å². The third-order valence-corrected chi connectivity index (χ3v) is 12.2. The Hall–Kier alpha value is -8.14. The van der Waals surface area contributed by atoms with Crippen molar-refractivity contribution < 1.29 is 0 Å². The lowest BCUT2D eigenvalue weighted by atomic mass is 9.93. The van der Waals surface area contributed by atoms with Gasteiger partial charge in [-0.25, -0.2) is 9.97 Å². The Bertz CT molecular complexity index is 3490. The highest BCUT2D eigenvalue weighted by atomic mass is 15.1. The zero-order valence-electron chi connectivity index (χ0n) is 33.2. The summed E-state index contributed by atoms with van der Waals surface area (Å²) < 4.78 is 2.33. The first-order valence-corrected chi connectivity index (χ1v) is 20.8. The zero-order valence-corrected chi connectivity index (χ0v) is 33.2. The average molecular weight is 776 g/mol. The molecule has 0 radical (unpaired) electrons. The molecule has 0 saturated heterocycles. The maximum atomic E-state index is 5.51. The van der Waals surface area contributed by atoms with Crippen LogP contribution in [0.2, 0.25) is 0 Å². The molecule has 0 aliphatic rings. The van der Waals surface area contributed by atoms with Crippen LogP contribution in [0.15, 0.2) is 224 Å². The molecule has 3 nitrogen and oxygen atoms in total. The minimum atomic E-state index is 0.675. The van der Waals surface area contributed by atoms with Gasteiger partial charge in [-0.3, -0.25) is 4.57 Å². The Morgan fingerprint density at radius 3 is 1.20 bits per heavy atom. The van der Waals surface area contributed by atoms with Crippen molar-refractivity contribution >= 4 is 54.1 Å². The third-order valence-electron chi connectivity index (χ3n) is 12.2. The van der Waals surface area contributed by atoms with Gasteiger partial charge in [0.05, 0.1) is 16.7 Å². The van der Waals surface area contributed by atoms with Crippen molar-refractivity contribution in [2.75, 3.05) is 0 Å². The summed E-state index contributed by atoms with van der Waals surface area (Å²) in [5.74, 6) is 1.49. The van der Waals surface area contributed by atoms with Gasteiger partial charge in [-0.2, -0.15) is 0 Å². The zero-order chi connectivity index (χ0) is 40.3. The number of fused-ring (bicyclic) bond motifs is 9. The summed E-state index contributed by atoms with van der Waals surface area (Å²) in [6.45, 7) is 0. The molecule has 284 valence electrons. The molecule has 3 heteroatoms. The number of hydrogen-bond donors (Lipinski definition) is 0. The summed E-state index contributed by atoms with van der Waals surface area (Å²) in [6, 6.07) is 80.5. The van der Waals surface area contributed by atoms with E-state index in [0.717, 1.165) is 39.2 Å². The minimum absolute atomic E-state index is 0.675. The van der Waals surface area contributed by atoms with Crippen molar-refractivity contribution in [1.82, 2.24) is 14.5 Å². The van der Waals surface area contributed by atoms with E-state index in [1.165, 1.54) is 70.9 Å². The average Bonchev–Trinajstić information content (AvgIpc) is 3.67. The molecule has 0 bridgehead atoms. The number of hydrogen-bond acceptors (Lipinski definition) is 2. The molecule has 61 heavy (non-hydrogen) atoms. The molecule has 0 spiro atoms. The van der Waals surface area contributed by atoms with E-state index in [1.54, 1.807) is 0 Å². The molecule has 0 atom stereocenters. The van der Waals surface area contributed by atoms with Crippen LogP contribution >= 0.6 is 0 Å². The SMILES string of the molecule is c1ccc(-c2cccc(-c3cc(-n4c5ccc(-c6ccccc6)cc5c5cc(-c6ccccc6)ccc54)nc(-c4ccc5c6ccccc6c6ccccc6c5c4)n3)c2)cc1. The predicted molar refractivity (Wildman–Crippen MR) is 256 cm³/mol. The molecule has 10 aromatic carbocycles. The van der Waals surface area contributed by atoms with E-state index in [0.29, 0.717) is 5.82 Å². The Morgan fingerprint density at radius 1 is 0.246 bits per heavy atom. The monoisotopic (exact) mass is 775 g/mol.